The van der Waals surface area contributed by atoms with Crippen molar-refractivity contribution in [1.82, 2.24) is 15.0 Å². The van der Waals surface area contributed by atoms with Crippen LogP contribution in [0.4, 0.5) is 40.3 Å². The molecule has 0 radical (unpaired) electrons. The number of aromatic hydroxyl groups is 1. The van der Waals surface area contributed by atoms with Gasteiger partial charge in [-0.3, -0.25) is 22.8 Å². The third-order valence-corrected chi connectivity index (χ3v) is 13.3. The van der Waals surface area contributed by atoms with E-state index < -0.39 is 149 Å². The summed E-state index contributed by atoms with van der Waals surface area (Å²) in [5.74, 6) is -2.88. The molecule has 27 nitrogen and oxygen atoms in total. The number of nitrogens with zero attached hydrogens (tertiary/aromatic N) is 5. The Balaban J connectivity index is 1.58. The smallest absolute Gasteiger partial charge is 0.397 e. The fourth-order valence-corrected chi connectivity index (χ4v) is 9.23. The molecule has 1 aromatic heterocycles. The highest BCUT2D eigenvalue weighted by molar-refractivity contribution is 7.91. The number of phenolic OH excluding ortho intramolecular Hbond substituents is 1. The summed E-state index contributed by atoms with van der Waals surface area (Å²) in [6, 6.07) is 6.92. The molecule has 0 amide bonds. The van der Waals surface area contributed by atoms with E-state index in [4.69, 9.17) is 21.9 Å². The number of sulfone groups is 1. The van der Waals surface area contributed by atoms with Gasteiger partial charge < -0.3 is 21.5 Å². The Morgan fingerprint density at radius 2 is 1.23 bits per heavy atom. The summed E-state index contributed by atoms with van der Waals surface area (Å²) in [5.41, 5.74) is 2.37. The molecule has 34 heteroatoms. The van der Waals surface area contributed by atoms with Gasteiger partial charge in [-0.05, 0) is 65.5 Å². The molecule has 5 rings (SSSR count). The third kappa shape index (κ3) is 11.3. The van der Waals surface area contributed by atoms with E-state index in [0.29, 0.717) is 24.3 Å². The zero-order chi connectivity index (χ0) is 45.7. The van der Waals surface area contributed by atoms with Crippen LogP contribution in [0.1, 0.15) is 0 Å². The number of phenols is 1. The minimum absolute atomic E-state index is 0.0876. The minimum atomic E-state index is -5.52. The number of nitrogens with one attached hydrogen (secondary N) is 2. The first-order chi connectivity index (χ1) is 27.8. The molecule has 0 saturated carbocycles. The number of hydrogen-bond donors (Lipinski definition) is 9. The van der Waals surface area contributed by atoms with Crippen molar-refractivity contribution in [3.05, 3.63) is 59.9 Å². The predicted molar refractivity (Wildman–Crippen MR) is 207 cm³/mol. The lowest BCUT2D eigenvalue weighted by Gasteiger charge is -2.14. The number of fused-ring (bicyclic) bond motifs is 1. The Kier molecular flexibility index (Phi) is 12.7. The van der Waals surface area contributed by atoms with Crippen molar-refractivity contribution >= 4 is 123 Å². The molecule has 0 aliphatic heterocycles. The molecule has 0 aliphatic rings. The summed E-state index contributed by atoms with van der Waals surface area (Å²) in [6.45, 7) is -0.896. The van der Waals surface area contributed by atoms with Crippen molar-refractivity contribution in [2.24, 2.45) is 10.2 Å². The van der Waals surface area contributed by atoms with Crippen molar-refractivity contribution in [2.75, 3.05) is 28.7 Å². The maximum Gasteiger partial charge on any atom is 0.397 e. The standard InChI is InChI=1S/C27H23ClN8O19S6/c28-25-32-26(30-13-1-3-14(4-2-13)56(38,39)6-5-55-61(52,53)54)34-27(33-25)31-16-10-17(20(59(46,47)48)11-19(16)58(43,44)45)35-36-24-21(60(49,50)51)8-12-7-15(57(40,41)42)9-18(37)22(12)23(24)29/h1-4,7-11,37H,5-6,29H2,(H,40,41,42)(H,43,44,45)(H,46,47,48)(H,49,50,51)(H,52,53,54)(H2,30,31,32,33,34). The molecule has 4 aromatic carbocycles. The van der Waals surface area contributed by atoms with E-state index in [9.17, 15) is 73.8 Å². The van der Waals surface area contributed by atoms with Gasteiger partial charge in [-0.1, -0.05) is 0 Å². The summed E-state index contributed by atoms with van der Waals surface area (Å²) in [7, 11) is -30.4. The number of nitrogen functional groups attached to an aromatic ring is 1. The largest absolute Gasteiger partial charge is 0.507 e. The molecule has 0 atom stereocenters. The van der Waals surface area contributed by atoms with Gasteiger partial charge in [0, 0.05) is 17.1 Å². The summed E-state index contributed by atoms with van der Waals surface area (Å²) in [4.78, 5) is 6.36. The first-order valence-corrected chi connectivity index (χ1v) is 24.5. The Hall–Kier alpha value is -5.30. The zero-order valence-corrected chi connectivity index (χ0v) is 34.9. The number of halogens is 1. The van der Waals surface area contributed by atoms with E-state index in [0.717, 1.165) is 12.1 Å². The molecule has 0 fully saturated rings. The summed E-state index contributed by atoms with van der Waals surface area (Å²) < 4.78 is 196. The van der Waals surface area contributed by atoms with E-state index in [1.807, 2.05) is 0 Å². The van der Waals surface area contributed by atoms with Crippen LogP contribution in [0.15, 0.2) is 89.3 Å². The molecule has 0 saturated heterocycles. The quantitative estimate of drug-likeness (QED) is 0.0413. The molecule has 0 aliphatic carbocycles. The molecular formula is C27H23ClN8O19S6. The second-order valence-electron chi connectivity index (χ2n) is 11.7. The van der Waals surface area contributed by atoms with Crippen LogP contribution in [0.2, 0.25) is 5.28 Å². The highest BCUT2D eigenvalue weighted by Crippen LogP contribution is 2.44. The molecule has 1 heterocycles. The molecule has 328 valence electrons. The topological polar surface area (TPSA) is 449 Å². The van der Waals surface area contributed by atoms with Crippen LogP contribution in [0.5, 0.6) is 5.75 Å². The van der Waals surface area contributed by atoms with E-state index in [1.165, 1.54) is 12.1 Å². The van der Waals surface area contributed by atoms with Gasteiger partial charge in [0.05, 0.1) is 33.5 Å². The normalized spacial score (nSPS) is 13.1. The average Bonchev–Trinajstić information content (AvgIpc) is 3.08. The lowest BCUT2D eigenvalue weighted by molar-refractivity contribution is 0.284. The first kappa shape index (κ1) is 46.8. The van der Waals surface area contributed by atoms with Gasteiger partial charge >= 0.3 is 10.4 Å². The van der Waals surface area contributed by atoms with Gasteiger partial charge in [-0.25, -0.2) is 12.6 Å². The van der Waals surface area contributed by atoms with Crippen LogP contribution < -0.4 is 16.4 Å². The lowest BCUT2D eigenvalue weighted by atomic mass is 10.1. The first-order valence-electron chi connectivity index (χ1n) is 15.3. The van der Waals surface area contributed by atoms with Crippen LogP contribution in [0.25, 0.3) is 10.8 Å². The van der Waals surface area contributed by atoms with E-state index in [2.05, 4.69) is 40.0 Å². The predicted octanol–water partition coefficient (Wildman–Crippen LogP) is 2.45. The van der Waals surface area contributed by atoms with E-state index in [-0.39, 0.29) is 16.6 Å². The van der Waals surface area contributed by atoms with Gasteiger partial charge in [0.15, 0.2) is 9.84 Å². The monoisotopic (exact) mass is 990 g/mol. The van der Waals surface area contributed by atoms with Crippen LogP contribution in [-0.4, -0.2) is 106 Å². The Morgan fingerprint density at radius 3 is 1.77 bits per heavy atom. The van der Waals surface area contributed by atoms with E-state index in [1.54, 1.807) is 0 Å². The number of azo groups is 1. The Morgan fingerprint density at radius 1 is 0.656 bits per heavy atom. The molecule has 0 unspecified atom stereocenters. The van der Waals surface area contributed by atoms with Crippen molar-refractivity contribution in [3.63, 3.8) is 0 Å². The third-order valence-electron chi connectivity index (χ3n) is 7.52. The number of aromatic nitrogens is 3. The molecular weight excluding hydrogens is 968 g/mol. The van der Waals surface area contributed by atoms with Gasteiger partial charge in [0.25, 0.3) is 40.5 Å². The Bertz CT molecular complexity index is 3360. The molecule has 10 N–H and O–H groups in total. The second-order valence-corrected chi connectivity index (χ2v) is 20.8. The zero-order valence-electron chi connectivity index (χ0n) is 29.2. The summed E-state index contributed by atoms with van der Waals surface area (Å²) >= 11 is 6.01. The van der Waals surface area contributed by atoms with Crippen molar-refractivity contribution in [1.29, 1.82) is 0 Å². The molecule has 0 bridgehead atoms. The van der Waals surface area contributed by atoms with Gasteiger partial charge in [0.2, 0.25) is 17.2 Å². The Labute approximate surface area is 348 Å². The van der Waals surface area contributed by atoms with Crippen LogP contribution in [0.3, 0.4) is 0 Å². The molecule has 61 heavy (non-hydrogen) atoms. The number of rotatable bonds is 15. The minimum Gasteiger partial charge on any atom is -0.507 e. The number of nitrogens with two attached hydrogens (primary N) is 1. The van der Waals surface area contributed by atoms with Crippen molar-refractivity contribution in [2.45, 2.75) is 24.5 Å². The van der Waals surface area contributed by atoms with Crippen LogP contribution in [-0.2, 0) is 64.9 Å². The SMILES string of the molecule is Nc1c(N=Nc2cc(Nc3nc(Cl)nc(Nc4ccc(S(=O)(=O)CCOS(=O)(=O)O)cc4)n3)c(S(=O)(=O)O)cc2S(=O)(=O)O)c(S(=O)(=O)O)cc2cc(S(=O)(=O)O)cc(O)c12. The summed E-state index contributed by atoms with van der Waals surface area (Å²) in [5, 5.41) is 20.9. The van der Waals surface area contributed by atoms with Crippen molar-refractivity contribution in [3.8, 4) is 5.75 Å². The number of hydrogen-bond acceptors (Lipinski definition) is 22. The number of anilines is 5. The lowest BCUT2D eigenvalue weighted by Crippen LogP contribution is -2.15. The molecule has 5 aromatic rings. The number of benzene rings is 4. The van der Waals surface area contributed by atoms with Gasteiger partial charge in [0.1, 0.15) is 31.8 Å². The second kappa shape index (κ2) is 16.5. The fourth-order valence-electron chi connectivity index (χ4n) is 5.01. The fraction of sp³-hybridized carbons (Fsp3) is 0.0741. The van der Waals surface area contributed by atoms with Crippen LogP contribution in [0, 0.1) is 0 Å². The molecule has 0 spiro atoms. The maximum atomic E-state index is 12.5. The average molecular weight is 991 g/mol. The van der Waals surface area contributed by atoms with Crippen molar-refractivity contribution < 1.29 is 82.6 Å². The van der Waals surface area contributed by atoms with Gasteiger partial charge in [-0.2, -0.15) is 57.0 Å². The van der Waals surface area contributed by atoms with Gasteiger partial charge in [-0.15, -0.1) is 10.2 Å². The highest BCUT2D eigenvalue weighted by Gasteiger charge is 2.28. The summed E-state index contributed by atoms with van der Waals surface area (Å²) in [6.07, 6.45) is 0. The highest BCUT2D eigenvalue weighted by atomic mass is 35.5. The van der Waals surface area contributed by atoms with Crippen LogP contribution >= 0.6 is 11.6 Å². The van der Waals surface area contributed by atoms with E-state index >= 15 is 0 Å². The maximum absolute atomic E-state index is 12.5.